The molecule has 3 nitrogen and oxygen atoms in total. The molecule has 0 saturated heterocycles. The summed E-state index contributed by atoms with van der Waals surface area (Å²) in [7, 11) is 1.55. The maximum atomic E-state index is 11.7. The molecule has 0 aliphatic heterocycles. The number of hydrogen-bond donors (Lipinski definition) is 0. The van der Waals surface area contributed by atoms with E-state index in [1.165, 1.54) is 11.8 Å². The normalized spacial score (nSPS) is 12.3. The molecule has 0 radical (unpaired) electrons. The average molecular weight is 199 g/mol. The van der Waals surface area contributed by atoms with Crippen LogP contribution in [0.3, 0.4) is 0 Å². The molecule has 0 heterocycles. The SMILES string of the molecule is CCCCC(CC)C(=O)N(C)C(C)=O. The van der Waals surface area contributed by atoms with Gasteiger partial charge in [0.2, 0.25) is 11.8 Å². The molecule has 0 N–H and O–H groups in total. The van der Waals surface area contributed by atoms with Crippen molar-refractivity contribution in [1.82, 2.24) is 4.90 Å². The summed E-state index contributed by atoms with van der Waals surface area (Å²) in [6.45, 7) is 5.52. The number of carbonyl (C=O) groups is 2. The van der Waals surface area contributed by atoms with Crippen LogP contribution in [0.2, 0.25) is 0 Å². The number of hydrogen-bond acceptors (Lipinski definition) is 2. The van der Waals surface area contributed by atoms with Gasteiger partial charge in [0.25, 0.3) is 0 Å². The van der Waals surface area contributed by atoms with Crippen LogP contribution in [0.5, 0.6) is 0 Å². The molecule has 3 heteroatoms. The Morgan fingerprint density at radius 3 is 2.21 bits per heavy atom. The predicted molar refractivity (Wildman–Crippen MR) is 56.8 cm³/mol. The smallest absolute Gasteiger partial charge is 0.231 e. The molecule has 0 fully saturated rings. The van der Waals surface area contributed by atoms with Crippen molar-refractivity contribution in [3.8, 4) is 0 Å². The van der Waals surface area contributed by atoms with E-state index >= 15 is 0 Å². The Morgan fingerprint density at radius 2 is 1.86 bits per heavy atom. The zero-order chi connectivity index (χ0) is 11.1. The second-order valence-corrected chi connectivity index (χ2v) is 3.66. The minimum absolute atomic E-state index is 0.0175. The van der Waals surface area contributed by atoms with Gasteiger partial charge in [0.05, 0.1) is 0 Å². The molecule has 0 aromatic carbocycles. The first kappa shape index (κ1) is 13.1. The van der Waals surface area contributed by atoms with Crippen molar-refractivity contribution in [1.29, 1.82) is 0 Å². The van der Waals surface area contributed by atoms with Crippen molar-refractivity contribution >= 4 is 11.8 Å². The van der Waals surface area contributed by atoms with Gasteiger partial charge < -0.3 is 0 Å². The number of unbranched alkanes of at least 4 members (excludes halogenated alkanes) is 1. The molecule has 0 rings (SSSR count). The number of carbonyl (C=O) groups excluding carboxylic acids is 2. The highest BCUT2D eigenvalue weighted by Gasteiger charge is 2.21. The largest absolute Gasteiger partial charge is 0.286 e. The van der Waals surface area contributed by atoms with Crippen molar-refractivity contribution in [3.63, 3.8) is 0 Å². The highest BCUT2D eigenvalue weighted by molar-refractivity contribution is 5.94. The third kappa shape index (κ3) is 3.90. The predicted octanol–water partition coefficient (Wildman–Crippen LogP) is 2.21. The quantitative estimate of drug-likeness (QED) is 0.680. The van der Waals surface area contributed by atoms with Crippen molar-refractivity contribution in [3.05, 3.63) is 0 Å². The molecule has 0 spiro atoms. The van der Waals surface area contributed by atoms with Crippen LogP contribution < -0.4 is 0 Å². The average Bonchev–Trinajstić information content (AvgIpc) is 2.17. The lowest BCUT2D eigenvalue weighted by Crippen LogP contribution is -2.36. The molecule has 14 heavy (non-hydrogen) atoms. The molecule has 82 valence electrons. The Labute approximate surface area is 86.5 Å². The maximum absolute atomic E-state index is 11.7. The summed E-state index contributed by atoms with van der Waals surface area (Å²) in [4.78, 5) is 23.9. The van der Waals surface area contributed by atoms with Gasteiger partial charge in [-0.15, -0.1) is 0 Å². The van der Waals surface area contributed by atoms with Crippen LogP contribution in [0.15, 0.2) is 0 Å². The van der Waals surface area contributed by atoms with Crippen LogP contribution in [0.25, 0.3) is 0 Å². The minimum Gasteiger partial charge on any atom is -0.286 e. The van der Waals surface area contributed by atoms with Gasteiger partial charge in [0.1, 0.15) is 0 Å². The third-order valence-corrected chi connectivity index (χ3v) is 2.55. The van der Waals surface area contributed by atoms with E-state index in [-0.39, 0.29) is 17.7 Å². The highest BCUT2D eigenvalue weighted by atomic mass is 16.2. The summed E-state index contributed by atoms with van der Waals surface area (Å²) in [5.74, 6) is -0.192. The molecule has 0 aliphatic rings. The van der Waals surface area contributed by atoms with Crippen LogP contribution in [-0.4, -0.2) is 23.8 Å². The summed E-state index contributed by atoms with van der Waals surface area (Å²) < 4.78 is 0. The first-order valence-corrected chi connectivity index (χ1v) is 5.32. The van der Waals surface area contributed by atoms with Gasteiger partial charge in [0.15, 0.2) is 0 Å². The van der Waals surface area contributed by atoms with Gasteiger partial charge in [-0.25, -0.2) is 0 Å². The number of imide groups is 1. The van der Waals surface area contributed by atoms with Gasteiger partial charge in [-0.05, 0) is 12.8 Å². The first-order valence-electron chi connectivity index (χ1n) is 5.32. The Kier molecular flexibility index (Phi) is 6.17. The zero-order valence-corrected chi connectivity index (χ0v) is 9.67. The molecule has 2 amide bonds. The lowest BCUT2D eigenvalue weighted by Gasteiger charge is -2.20. The number of nitrogens with zero attached hydrogens (tertiary/aromatic N) is 1. The fourth-order valence-electron chi connectivity index (χ4n) is 1.38. The monoisotopic (exact) mass is 199 g/mol. The standard InChI is InChI=1S/C11H21NO2/c1-5-7-8-10(6-2)11(14)12(4)9(3)13/h10H,5-8H2,1-4H3. The molecule has 1 atom stereocenters. The highest BCUT2D eigenvalue weighted by Crippen LogP contribution is 2.15. The van der Waals surface area contributed by atoms with Crippen LogP contribution in [0.1, 0.15) is 46.5 Å². The fraction of sp³-hybridized carbons (Fsp3) is 0.818. The topological polar surface area (TPSA) is 37.4 Å². The first-order chi connectivity index (χ1) is 6.54. The molecule has 0 aliphatic carbocycles. The van der Waals surface area contributed by atoms with Crippen LogP contribution in [0, 0.1) is 5.92 Å². The van der Waals surface area contributed by atoms with Crippen molar-refractivity contribution < 1.29 is 9.59 Å². The second kappa shape index (κ2) is 6.57. The summed E-state index contributed by atoms with van der Waals surface area (Å²) in [6.07, 6.45) is 3.85. The molecule has 0 aromatic rings. The van der Waals surface area contributed by atoms with Gasteiger partial charge in [-0.3, -0.25) is 14.5 Å². The van der Waals surface area contributed by atoms with E-state index in [2.05, 4.69) is 6.92 Å². The van der Waals surface area contributed by atoms with Gasteiger partial charge in [-0.1, -0.05) is 26.7 Å². The number of amides is 2. The van der Waals surface area contributed by atoms with E-state index in [0.29, 0.717) is 0 Å². The lowest BCUT2D eigenvalue weighted by molar-refractivity contribution is -0.144. The van der Waals surface area contributed by atoms with Crippen LogP contribution in [-0.2, 0) is 9.59 Å². The molecular formula is C11H21NO2. The molecule has 0 aromatic heterocycles. The number of rotatable bonds is 5. The minimum atomic E-state index is -0.176. The van der Waals surface area contributed by atoms with Crippen molar-refractivity contribution in [2.24, 2.45) is 5.92 Å². The van der Waals surface area contributed by atoms with E-state index < -0.39 is 0 Å². The van der Waals surface area contributed by atoms with Crippen LogP contribution >= 0.6 is 0 Å². The summed E-state index contributed by atoms with van der Waals surface area (Å²) in [5.41, 5.74) is 0. The molecular weight excluding hydrogens is 178 g/mol. The Morgan fingerprint density at radius 1 is 1.29 bits per heavy atom. The van der Waals surface area contributed by atoms with E-state index in [0.717, 1.165) is 25.7 Å². The molecule has 0 bridgehead atoms. The van der Waals surface area contributed by atoms with E-state index in [4.69, 9.17) is 0 Å². The third-order valence-electron chi connectivity index (χ3n) is 2.55. The lowest BCUT2D eigenvalue weighted by atomic mass is 9.98. The zero-order valence-electron chi connectivity index (χ0n) is 9.67. The van der Waals surface area contributed by atoms with E-state index in [9.17, 15) is 9.59 Å². The van der Waals surface area contributed by atoms with Gasteiger partial charge in [0, 0.05) is 19.9 Å². The summed E-state index contributed by atoms with van der Waals surface area (Å²) in [5, 5.41) is 0. The Hall–Kier alpha value is -0.860. The Bertz CT molecular complexity index is 201. The maximum Gasteiger partial charge on any atom is 0.231 e. The fourth-order valence-corrected chi connectivity index (χ4v) is 1.38. The Balaban J connectivity index is 4.23. The molecule has 1 unspecified atom stereocenters. The summed E-state index contributed by atoms with van der Waals surface area (Å²) in [6, 6.07) is 0. The van der Waals surface area contributed by atoms with E-state index in [1.54, 1.807) is 7.05 Å². The van der Waals surface area contributed by atoms with Gasteiger partial charge >= 0.3 is 0 Å². The van der Waals surface area contributed by atoms with Gasteiger partial charge in [-0.2, -0.15) is 0 Å². The van der Waals surface area contributed by atoms with Crippen molar-refractivity contribution in [2.45, 2.75) is 46.5 Å². The second-order valence-electron chi connectivity index (χ2n) is 3.66. The van der Waals surface area contributed by atoms with Crippen molar-refractivity contribution in [2.75, 3.05) is 7.05 Å². The van der Waals surface area contributed by atoms with E-state index in [1.807, 2.05) is 6.92 Å². The van der Waals surface area contributed by atoms with Crippen LogP contribution in [0.4, 0.5) is 0 Å². The molecule has 0 saturated carbocycles. The summed E-state index contributed by atoms with van der Waals surface area (Å²) >= 11 is 0.